The monoisotopic (exact) mass is 441 g/mol. The summed E-state index contributed by atoms with van der Waals surface area (Å²) in [6.07, 6.45) is -3.79. The molecule has 4 rings (SSSR count). The predicted octanol–water partition coefficient (Wildman–Crippen LogP) is 6.66. The second-order valence-electron chi connectivity index (χ2n) is 6.00. The maximum absolute atomic E-state index is 13.8. The minimum absolute atomic E-state index is 0.0761. The number of halogens is 6. The summed E-state index contributed by atoms with van der Waals surface area (Å²) in [5.41, 5.74) is -0.737. The standard InChI is InChI=1S/C19H9Cl2F4N3O/c20-14-5-4-10(6-15(14)21)16-8-17(29-27-16)13-9-26-28(18(13)19(23,24)25)12-3-1-2-11(22)7-12/h1-9H. The van der Waals surface area contributed by atoms with Crippen molar-refractivity contribution in [3.05, 3.63) is 76.3 Å². The highest BCUT2D eigenvalue weighted by Crippen LogP contribution is 2.39. The molecule has 0 amide bonds. The molecule has 29 heavy (non-hydrogen) atoms. The number of alkyl halides is 3. The van der Waals surface area contributed by atoms with Gasteiger partial charge in [-0.25, -0.2) is 9.07 Å². The first-order chi connectivity index (χ1) is 13.7. The van der Waals surface area contributed by atoms with Crippen molar-refractivity contribution < 1.29 is 22.1 Å². The van der Waals surface area contributed by atoms with Crippen molar-refractivity contribution in [1.29, 1.82) is 0 Å². The first kappa shape index (κ1) is 19.5. The van der Waals surface area contributed by atoms with E-state index >= 15 is 0 Å². The van der Waals surface area contributed by atoms with E-state index in [1.807, 2.05) is 0 Å². The summed E-state index contributed by atoms with van der Waals surface area (Å²) in [7, 11) is 0. The average Bonchev–Trinajstić information content (AvgIpc) is 3.30. The molecule has 0 atom stereocenters. The zero-order chi connectivity index (χ0) is 20.8. The molecule has 10 heteroatoms. The Morgan fingerprint density at radius 3 is 2.45 bits per heavy atom. The fraction of sp³-hybridized carbons (Fsp3) is 0.0526. The van der Waals surface area contributed by atoms with Crippen LogP contribution >= 0.6 is 23.2 Å². The largest absolute Gasteiger partial charge is 0.434 e. The predicted molar refractivity (Wildman–Crippen MR) is 99.5 cm³/mol. The Balaban J connectivity index is 1.82. The van der Waals surface area contributed by atoms with Gasteiger partial charge in [0.05, 0.1) is 27.5 Å². The van der Waals surface area contributed by atoms with Gasteiger partial charge in [0.1, 0.15) is 11.5 Å². The molecule has 0 N–H and O–H groups in total. The molecular weight excluding hydrogens is 433 g/mol. The third-order valence-corrected chi connectivity index (χ3v) is 4.82. The molecule has 4 aromatic rings. The van der Waals surface area contributed by atoms with Gasteiger partial charge in [-0.1, -0.05) is 40.5 Å². The maximum Gasteiger partial charge on any atom is 0.434 e. The van der Waals surface area contributed by atoms with Crippen molar-refractivity contribution in [3.8, 4) is 28.3 Å². The van der Waals surface area contributed by atoms with Gasteiger partial charge in [-0.15, -0.1) is 0 Å². The Morgan fingerprint density at radius 2 is 1.76 bits per heavy atom. The van der Waals surface area contributed by atoms with Gasteiger partial charge in [0.15, 0.2) is 11.5 Å². The molecule has 2 aromatic carbocycles. The van der Waals surface area contributed by atoms with Crippen LogP contribution in [0.3, 0.4) is 0 Å². The third-order valence-electron chi connectivity index (χ3n) is 4.08. The molecule has 0 radical (unpaired) electrons. The molecule has 0 spiro atoms. The van der Waals surface area contributed by atoms with Gasteiger partial charge in [-0.3, -0.25) is 0 Å². The Morgan fingerprint density at radius 1 is 0.966 bits per heavy atom. The highest BCUT2D eigenvalue weighted by atomic mass is 35.5. The van der Waals surface area contributed by atoms with Gasteiger partial charge >= 0.3 is 6.18 Å². The second-order valence-corrected chi connectivity index (χ2v) is 6.82. The van der Waals surface area contributed by atoms with Gasteiger partial charge in [0, 0.05) is 11.6 Å². The number of nitrogens with zero attached hydrogens (tertiary/aromatic N) is 3. The smallest absolute Gasteiger partial charge is 0.356 e. The fourth-order valence-electron chi connectivity index (χ4n) is 2.80. The lowest BCUT2D eigenvalue weighted by Crippen LogP contribution is -2.14. The van der Waals surface area contributed by atoms with Gasteiger partial charge in [0.25, 0.3) is 0 Å². The van der Waals surface area contributed by atoms with E-state index in [1.165, 1.54) is 30.3 Å². The van der Waals surface area contributed by atoms with Crippen molar-refractivity contribution in [3.63, 3.8) is 0 Å². The Bertz CT molecular complexity index is 1200. The van der Waals surface area contributed by atoms with Crippen LogP contribution in [0.4, 0.5) is 17.6 Å². The van der Waals surface area contributed by atoms with E-state index in [0.29, 0.717) is 15.3 Å². The van der Waals surface area contributed by atoms with Gasteiger partial charge < -0.3 is 4.52 Å². The molecule has 2 aromatic heterocycles. The Kier molecular flexibility index (Phi) is 4.84. The van der Waals surface area contributed by atoms with E-state index < -0.39 is 17.7 Å². The first-order valence-corrected chi connectivity index (χ1v) is 8.83. The lowest BCUT2D eigenvalue weighted by atomic mass is 10.1. The Hall–Kier alpha value is -2.84. The number of benzene rings is 2. The highest BCUT2D eigenvalue weighted by Gasteiger charge is 2.40. The van der Waals surface area contributed by atoms with Crippen LogP contribution in [-0.2, 0) is 6.18 Å². The SMILES string of the molecule is Fc1cccc(-n2ncc(-c3cc(-c4ccc(Cl)c(Cl)c4)no3)c2C(F)(F)F)c1. The summed E-state index contributed by atoms with van der Waals surface area (Å²) in [5.74, 6) is -0.838. The molecule has 0 fully saturated rings. The van der Waals surface area contributed by atoms with Crippen LogP contribution in [0.1, 0.15) is 5.69 Å². The molecule has 0 aliphatic carbocycles. The average molecular weight is 442 g/mol. The van der Waals surface area contributed by atoms with E-state index in [2.05, 4.69) is 10.3 Å². The number of hydrogen-bond acceptors (Lipinski definition) is 3. The summed E-state index contributed by atoms with van der Waals surface area (Å²) in [6, 6.07) is 10.7. The van der Waals surface area contributed by atoms with E-state index in [4.69, 9.17) is 27.7 Å². The number of rotatable bonds is 3. The van der Waals surface area contributed by atoms with Crippen LogP contribution in [0.5, 0.6) is 0 Å². The topological polar surface area (TPSA) is 43.9 Å². The summed E-state index contributed by atoms with van der Waals surface area (Å²) in [6.45, 7) is 0. The summed E-state index contributed by atoms with van der Waals surface area (Å²) in [4.78, 5) is 0. The normalized spacial score (nSPS) is 11.8. The zero-order valence-corrected chi connectivity index (χ0v) is 15.7. The Labute approximate surface area is 171 Å². The van der Waals surface area contributed by atoms with Crippen LogP contribution in [-0.4, -0.2) is 14.9 Å². The fourth-order valence-corrected chi connectivity index (χ4v) is 3.10. The molecule has 4 nitrogen and oxygen atoms in total. The summed E-state index contributed by atoms with van der Waals surface area (Å²) in [5, 5.41) is 8.19. The maximum atomic E-state index is 13.8. The summed E-state index contributed by atoms with van der Waals surface area (Å²) < 4.78 is 60.6. The number of hydrogen-bond donors (Lipinski definition) is 0. The zero-order valence-electron chi connectivity index (χ0n) is 14.2. The quantitative estimate of drug-likeness (QED) is 0.334. The molecule has 0 aliphatic heterocycles. The van der Waals surface area contributed by atoms with E-state index in [1.54, 1.807) is 6.07 Å². The molecule has 0 saturated carbocycles. The molecule has 148 valence electrons. The van der Waals surface area contributed by atoms with Gasteiger partial charge in [-0.05, 0) is 30.3 Å². The lowest BCUT2D eigenvalue weighted by molar-refractivity contribution is -0.142. The lowest BCUT2D eigenvalue weighted by Gasteiger charge is -2.11. The van der Waals surface area contributed by atoms with Crippen molar-refractivity contribution in [2.75, 3.05) is 0 Å². The van der Waals surface area contributed by atoms with Crippen LogP contribution in [0.2, 0.25) is 10.0 Å². The molecule has 2 heterocycles. The molecule has 0 bridgehead atoms. The first-order valence-electron chi connectivity index (χ1n) is 8.08. The van der Waals surface area contributed by atoms with Gasteiger partial charge in [-0.2, -0.15) is 18.3 Å². The van der Waals surface area contributed by atoms with Crippen molar-refractivity contribution in [1.82, 2.24) is 14.9 Å². The molecule has 0 unspecified atom stereocenters. The summed E-state index contributed by atoms with van der Waals surface area (Å²) >= 11 is 11.8. The van der Waals surface area contributed by atoms with E-state index in [0.717, 1.165) is 18.3 Å². The highest BCUT2D eigenvalue weighted by molar-refractivity contribution is 6.42. The molecule has 0 aliphatic rings. The van der Waals surface area contributed by atoms with Crippen molar-refractivity contribution >= 4 is 23.2 Å². The van der Waals surface area contributed by atoms with Crippen LogP contribution in [0.15, 0.2) is 59.3 Å². The molecule has 0 saturated heterocycles. The minimum atomic E-state index is -4.78. The third kappa shape index (κ3) is 3.73. The minimum Gasteiger partial charge on any atom is -0.356 e. The van der Waals surface area contributed by atoms with Crippen molar-refractivity contribution in [2.45, 2.75) is 6.18 Å². The second kappa shape index (κ2) is 7.20. The van der Waals surface area contributed by atoms with E-state index in [9.17, 15) is 17.6 Å². The van der Waals surface area contributed by atoms with Crippen LogP contribution in [0, 0.1) is 5.82 Å². The van der Waals surface area contributed by atoms with Crippen molar-refractivity contribution in [2.24, 2.45) is 0 Å². The van der Waals surface area contributed by atoms with Crippen LogP contribution in [0.25, 0.3) is 28.3 Å². The van der Waals surface area contributed by atoms with E-state index in [-0.39, 0.29) is 27.7 Å². The molecular formula is C19H9Cl2F4N3O. The van der Waals surface area contributed by atoms with Crippen LogP contribution < -0.4 is 0 Å². The van der Waals surface area contributed by atoms with Gasteiger partial charge in [0.2, 0.25) is 0 Å². The number of aromatic nitrogens is 3.